The summed E-state index contributed by atoms with van der Waals surface area (Å²) in [5.74, 6) is -1.84. The van der Waals surface area contributed by atoms with Gasteiger partial charge in [-0.05, 0) is 53.6 Å². The predicted molar refractivity (Wildman–Crippen MR) is 143 cm³/mol. The van der Waals surface area contributed by atoms with E-state index in [-0.39, 0.29) is 34.5 Å². The Morgan fingerprint density at radius 2 is 1.72 bits per heavy atom. The number of hydrogen-bond donors (Lipinski definition) is 1. The fourth-order valence-corrected chi connectivity index (χ4v) is 6.47. The highest BCUT2D eigenvalue weighted by atomic mass is 35.5. The number of nitrogens with one attached hydrogen (secondary N) is 1. The van der Waals surface area contributed by atoms with Crippen LogP contribution in [0.3, 0.4) is 0 Å². The summed E-state index contributed by atoms with van der Waals surface area (Å²) in [5.41, 5.74) is 1.17. The molecule has 3 atom stereocenters. The van der Waals surface area contributed by atoms with Crippen molar-refractivity contribution in [2.45, 2.75) is 36.2 Å². The molecule has 1 aliphatic carbocycles. The van der Waals surface area contributed by atoms with Crippen LogP contribution >= 0.6 is 69.8 Å². The Balaban J connectivity index is 1.62. The molecular formula is C24H21Cl5F3NO2S. The van der Waals surface area contributed by atoms with Gasteiger partial charge in [-0.15, -0.1) is 23.2 Å². The topological polar surface area (TPSA) is 46.2 Å². The van der Waals surface area contributed by atoms with Gasteiger partial charge in [0.05, 0.1) is 17.4 Å². The van der Waals surface area contributed by atoms with Crippen molar-refractivity contribution in [2.75, 3.05) is 16.8 Å². The highest BCUT2D eigenvalue weighted by molar-refractivity contribution is 7.99. The van der Waals surface area contributed by atoms with Crippen molar-refractivity contribution in [3.63, 3.8) is 0 Å². The first-order valence-electron chi connectivity index (χ1n) is 10.8. The first-order valence-corrected chi connectivity index (χ1v) is 13.9. The van der Waals surface area contributed by atoms with E-state index in [2.05, 4.69) is 5.32 Å². The van der Waals surface area contributed by atoms with Crippen molar-refractivity contribution < 1.29 is 22.8 Å². The van der Waals surface area contributed by atoms with E-state index in [1.165, 1.54) is 12.1 Å². The van der Waals surface area contributed by atoms with Crippen LogP contribution in [0, 0.1) is 11.8 Å². The Bertz CT molecular complexity index is 1120. The van der Waals surface area contributed by atoms with Crippen LogP contribution in [0.25, 0.3) is 0 Å². The van der Waals surface area contributed by atoms with Gasteiger partial charge < -0.3 is 5.32 Å². The Hall–Kier alpha value is -0.830. The van der Waals surface area contributed by atoms with Crippen molar-refractivity contribution in [3.8, 4) is 0 Å². The average Bonchev–Trinajstić information content (AvgIpc) is 3.33. The zero-order valence-corrected chi connectivity index (χ0v) is 23.4. The zero-order valence-electron chi connectivity index (χ0n) is 18.8. The number of amides is 1. The minimum Gasteiger partial charge on any atom is -0.326 e. The molecule has 2 unspecified atom stereocenters. The van der Waals surface area contributed by atoms with E-state index < -0.39 is 34.7 Å². The number of anilines is 1. The van der Waals surface area contributed by atoms with Gasteiger partial charge in [0.1, 0.15) is 4.33 Å². The Morgan fingerprint density at radius 1 is 1.08 bits per heavy atom. The maximum absolute atomic E-state index is 13.0. The van der Waals surface area contributed by atoms with Gasteiger partial charge in [0, 0.05) is 39.4 Å². The Kier molecular flexibility index (Phi) is 9.84. The average molecular weight is 622 g/mol. The molecule has 0 bridgehead atoms. The summed E-state index contributed by atoms with van der Waals surface area (Å²) in [4.78, 5) is 25.8. The molecule has 3 nitrogen and oxygen atoms in total. The number of alkyl halides is 5. The third-order valence-corrected chi connectivity index (χ3v) is 8.58. The molecule has 0 saturated heterocycles. The number of Topliss-reactive ketones (excluding diaryl/α,β-unsaturated/α-hetero) is 1. The summed E-state index contributed by atoms with van der Waals surface area (Å²) in [6.45, 7) is 1.79. The molecule has 1 fully saturated rings. The summed E-state index contributed by atoms with van der Waals surface area (Å²) in [6.07, 6.45) is -4.97. The summed E-state index contributed by atoms with van der Waals surface area (Å²) >= 11 is 32.3. The van der Waals surface area contributed by atoms with Gasteiger partial charge in [-0.3, -0.25) is 9.59 Å². The van der Waals surface area contributed by atoms with Crippen LogP contribution in [0.2, 0.25) is 15.1 Å². The van der Waals surface area contributed by atoms with E-state index in [0.717, 1.165) is 11.8 Å². The summed E-state index contributed by atoms with van der Waals surface area (Å²) in [6, 6.07) is 9.35. The molecule has 3 rings (SSSR count). The lowest BCUT2D eigenvalue weighted by Gasteiger charge is -2.13. The molecule has 12 heteroatoms. The normalized spacial score (nSPS) is 19.6. The van der Waals surface area contributed by atoms with Crippen LogP contribution in [-0.4, -0.2) is 33.7 Å². The first kappa shape index (κ1) is 29.7. The van der Waals surface area contributed by atoms with E-state index >= 15 is 0 Å². The molecule has 2 aromatic rings. The molecule has 1 amide bonds. The van der Waals surface area contributed by atoms with Crippen molar-refractivity contribution in [1.29, 1.82) is 0 Å². The van der Waals surface area contributed by atoms with Gasteiger partial charge in [-0.2, -0.15) is 24.9 Å². The smallest absolute Gasteiger partial charge is 0.326 e. The third kappa shape index (κ3) is 7.84. The molecule has 0 aromatic heterocycles. The van der Waals surface area contributed by atoms with E-state index in [4.69, 9.17) is 58.0 Å². The van der Waals surface area contributed by atoms with Gasteiger partial charge in [0.2, 0.25) is 5.91 Å². The predicted octanol–water partition coefficient (Wildman–Crippen LogP) is 9.07. The van der Waals surface area contributed by atoms with E-state index in [9.17, 15) is 22.8 Å². The monoisotopic (exact) mass is 619 g/mol. The number of benzene rings is 2. The van der Waals surface area contributed by atoms with Crippen LogP contribution in [0.5, 0.6) is 0 Å². The molecule has 0 aliphatic heterocycles. The second-order valence-corrected chi connectivity index (χ2v) is 12.6. The molecule has 2 aromatic carbocycles. The van der Waals surface area contributed by atoms with Crippen LogP contribution in [0.1, 0.15) is 41.6 Å². The maximum Gasteiger partial charge on any atom is 0.389 e. The van der Waals surface area contributed by atoms with E-state index in [1.54, 1.807) is 31.2 Å². The number of carbonyl (C=O) groups excluding carboxylic acids is 2. The molecule has 1 N–H and O–H groups in total. The number of hydrogen-bond acceptors (Lipinski definition) is 3. The van der Waals surface area contributed by atoms with Crippen LogP contribution in [0.15, 0.2) is 36.4 Å². The first-order chi connectivity index (χ1) is 16.7. The van der Waals surface area contributed by atoms with Gasteiger partial charge >= 0.3 is 6.18 Å². The minimum absolute atomic E-state index is 0.0590. The molecule has 36 heavy (non-hydrogen) atoms. The SMILES string of the molecule is C[C@H](CSCCC(F)(F)F)CC(=O)c1cc(NC(=O)C2C(c3cc(Cl)cc(Cl)c3)C2(Cl)Cl)ccc1Cl. The quantitative estimate of drug-likeness (QED) is 0.164. The van der Waals surface area contributed by atoms with Crippen LogP contribution in [-0.2, 0) is 4.79 Å². The van der Waals surface area contributed by atoms with E-state index in [0.29, 0.717) is 27.0 Å². The second kappa shape index (κ2) is 11.9. The van der Waals surface area contributed by atoms with Gasteiger partial charge in [0.15, 0.2) is 5.78 Å². The van der Waals surface area contributed by atoms with Crippen molar-refractivity contribution in [2.24, 2.45) is 11.8 Å². The minimum atomic E-state index is -4.20. The highest BCUT2D eigenvalue weighted by Gasteiger charge is 2.67. The summed E-state index contributed by atoms with van der Waals surface area (Å²) in [7, 11) is 0. The molecule has 0 spiro atoms. The largest absolute Gasteiger partial charge is 0.389 e. The zero-order chi connectivity index (χ0) is 26.8. The fraction of sp³-hybridized carbons (Fsp3) is 0.417. The number of halogens is 8. The fourth-order valence-electron chi connectivity index (χ4n) is 3.82. The summed E-state index contributed by atoms with van der Waals surface area (Å²) in [5, 5.41) is 3.71. The standard InChI is InChI=1S/C24H21Cl5F3NO2S/c1-12(11-36-5-4-23(30,31)32)6-19(34)17-10-16(2-3-18(17)27)33-22(35)21-20(24(21,28)29)13-7-14(25)9-15(26)8-13/h2-3,7-10,12,20-21H,4-6,11H2,1H3,(H,33,35)/t12-,20?,21?/m0/s1. The number of thioether (sulfide) groups is 1. The third-order valence-electron chi connectivity index (χ3n) is 5.58. The number of rotatable bonds is 10. The molecule has 196 valence electrons. The second-order valence-electron chi connectivity index (χ2n) is 8.69. The lowest BCUT2D eigenvalue weighted by molar-refractivity contribution is -0.129. The van der Waals surface area contributed by atoms with Gasteiger partial charge in [-0.25, -0.2) is 0 Å². The molecular weight excluding hydrogens is 601 g/mol. The Morgan fingerprint density at radius 3 is 2.33 bits per heavy atom. The highest BCUT2D eigenvalue weighted by Crippen LogP contribution is 2.65. The number of carbonyl (C=O) groups is 2. The summed E-state index contributed by atoms with van der Waals surface area (Å²) < 4.78 is 35.5. The van der Waals surface area contributed by atoms with Gasteiger partial charge in [-0.1, -0.05) is 41.7 Å². The van der Waals surface area contributed by atoms with Crippen LogP contribution < -0.4 is 5.32 Å². The lowest BCUT2D eigenvalue weighted by atomic mass is 10.0. The van der Waals surface area contributed by atoms with Crippen molar-refractivity contribution in [1.82, 2.24) is 0 Å². The van der Waals surface area contributed by atoms with E-state index in [1.807, 2.05) is 0 Å². The van der Waals surface area contributed by atoms with Crippen molar-refractivity contribution in [3.05, 3.63) is 62.6 Å². The Labute approximate surface area is 236 Å². The maximum atomic E-state index is 13.0. The molecule has 0 heterocycles. The molecule has 1 saturated carbocycles. The lowest BCUT2D eigenvalue weighted by Crippen LogP contribution is -2.17. The van der Waals surface area contributed by atoms with Gasteiger partial charge in [0.25, 0.3) is 0 Å². The number of ketones is 1. The molecule has 1 aliphatic rings. The van der Waals surface area contributed by atoms with Crippen LogP contribution in [0.4, 0.5) is 18.9 Å². The molecule has 0 radical (unpaired) electrons. The van der Waals surface area contributed by atoms with Crippen molar-refractivity contribution >= 4 is 87.1 Å².